The van der Waals surface area contributed by atoms with E-state index in [0.717, 1.165) is 5.56 Å². The molecule has 0 amide bonds. The second-order valence-corrected chi connectivity index (χ2v) is 4.94. The Hall–Kier alpha value is -2.50. The number of nitrogens with zero attached hydrogens (tertiary/aromatic N) is 3. The Kier molecular flexibility index (Phi) is 5.04. The Labute approximate surface area is 129 Å². The fourth-order valence-electron chi connectivity index (χ4n) is 2.38. The number of ketones is 1. The van der Waals surface area contributed by atoms with Crippen molar-refractivity contribution in [3.05, 3.63) is 35.9 Å². The lowest BCUT2D eigenvalue weighted by atomic mass is 9.83. The van der Waals surface area contributed by atoms with Crippen molar-refractivity contribution in [3.8, 4) is 0 Å². The highest BCUT2D eigenvalue weighted by atomic mass is 16.5. The van der Waals surface area contributed by atoms with Crippen LogP contribution in [-0.4, -0.2) is 42.5 Å². The van der Waals surface area contributed by atoms with Gasteiger partial charge in [-0.1, -0.05) is 30.3 Å². The molecule has 0 fully saturated rings. The van der Waals surface area contributed by atoms with Crippen molar-refractivity contribution >= 4 is 23.7 Å². The van der Waals surface area contributed by atoms with Gasteiger partial charge in [-0.05, 0) is 19.4 Å². The van der Waals surface area contributed by atoms with E-state index in [0.29, 0.717) is 12.3 Å². The molecule has 1 aliphatic rings. The van der Waals surface area contributed by atoms with Crippen molar-refractivity contribution in [2.24, 2.45) is 22.0 Å². The summed E-state index contributed by atoms with van der Waals surface area (Å²) in [5.74, 6) is -2.31. The SMILES string of the molecule is CCN1N=CC(C(C(C)=O)C(=O)OC)C(c2ccccc2)=N1. The first-order chi connectivity index (χ1) is 10.6. The molecule has 0 N–H and O–H groups in total. The first-order valence-corrected chi connectivity index (χ1v) is 7.12. The van der Waals surface area contributed by atoms with E-state index in [1.54, 1.807) is 6.21 Å². The molecule has 6 heteroatoms. The zero-order valence-corrected chi connectivity index (χ0v) is 12.9. The van der Waals surface area contributed by atoms with E-state index < -0.39 is 17.8 Å². The minimum Gasteiger partial charge on any atom is -0.468 e. The standard InChI is InChI=1S/C16H19N3O3/c1-4-19-17-10-13(14(11(2)20)16(21)22-3)15(18-19)12-8-6-5-7-9-12/h5-10,13-14H,4H2,1-3H3. The summed E-state index contributed by atoms with van der Waals surface area (Å²) < 4.78 is 4.77. The smallest absolute Gasteiger partial charge is 0.317 e. The van der Waals surface area contributed by atoms with Crippen LogP contribution in [-0.2, 0) is 14.3 Å². The van der Waals surface area contributed by atoms with Crippen molar-refractivity contribution < 1.29 is 14.3 Å². The summed E-state index contributed by atoms with van der Waals surface area (Å²) in [4.78, 5) is 23.9. The third kappa shape index (κ3) is 3.21. The minimum atomic E-state index is -0.938. The van der Waals surface area contributed by atoms with Gasteiger partial charge in [0.2, 0.25) is 0 Å². The van der Waals surface area contributed by atoms with Crippen LogP contribution in [0.2, 0.25) is 0 Å². The third-order valence-corrected chi connectivity index (χ3v) is 3.50. The zero-order valence-electron chi connectivity index (χ0n) is 12.9. The molecular weight excluding hydrogens is 282 g/mol. The van der Waals surface area contributed by atoms with Gasteiger partial charge in [0.05, 0.1) is 25.3 Å². The van der Waals surface area contributed by atoms with Crippen LogP contribution in [0.5, 0.6) is 0 Å². The summed E-state index contributed by atoms with van der Waals surface area (Å²) in [6, 6.07) is 9.46. The highest BCUT2D eigenvalue weighted by molar-refractivity contribution is 6.16. The average molecular weight is 301 g/mol. The van der Waals surface area contributed by atoms with Crippen molar-refractivity contribution in [1.29, 1.82) is 0 Å². The molecule has 0 aromatic heterocycles. The van der Waals surface area contributed by atoms with Gasteiger partial charge in [0.1, 0.15) is 11.7 Å². The molecule has 0 saturated carbocycles. The lowest BCUT2D eigenvalue weighted by Gasteiger charge is -2.27. The van der Waals surface area contributed by atoms with Gasteiger partial charge in [-0.25, -0.2) is 0 Å². The summed E-state index contributed by atoms with van der Waals surface area (Å²) in [7, 11) is 1.27. The number of Topliss-reactive ketones (excluding diaryl/α,β-unsaturated/α-hetero) is 1. The highest BCUT2D eigenvalue weighted by Crippen LogP contribution is 2.23. The summed E-state index contributed by atoms with van der Waals surface area (Å²) in [6.45, 7) is 3.90. The largest absolute Gasteiger partial charge is 0.468 e. The molecule has 2 rings (SSSR count). The molecule has 0 spiro atoms. The summed E-state index contributed by atoms with van der Waals surface area (Å²) >= 11 is 0. The van der Waals surface area contributed by atoms with Crippen molar-refractivity contribution in [1.82, 2.24) is 5.12 Å². The van der Waals surface area contributed by atoms with Gasteiger partial charge in [-0.3, -0.25) is 9.59 Å². The van der Waals surface area contributed by atoms with E-state index in [1.165, 1.54) is 19.2 Å². The highest BCUT2D eigenvalue weighted by Gasteiger charge is 2.38. The van der Waals surface area contributed by atoms with Gasteiger partial charge in [0.15, 0.2) is 0 Å². The lowest BCUT2D eigenvalue weighted by Crippen LogP contribution is -2.40. The number of rotatable bonds is 5. The van der Waals surface area contributed by atoms with Crippen LogP contribution in [0, 0.1) is 11.8 Å². The number of hydrogen-bond donors (Lipinski definition) is 0. The first kappa shape index (κ1) is 15.9. The molecule has 6 nitrogen and oxygen atoms in total. The molecule has 0 radical (unpaired) electrons. The summed E-state index contributed by atoms with van der Waals surface area (Å²) in [5.41, 5.74) is 1.50. The monoisotopic (exact) mass is 301 g/mol. The maximum Gasteiger partial charge on any atom is 0.317 e. The maximum absolute atomic E-state index is 12.0. The quantitative estimate of drug-likeness (QED) is 0.613. The van der Waals surface area contributed by atoms with Crippen LogP contribution in [0.4, 0.5) is 0 Å². The molecule has 116 valence electrons. The van der Waals surface area contributed by atoms with Crippen LogP contribution < -0.4 is 0 Å². The van der Waals surface area contributed by atoms with Crippen molar-refractivity contribution in [3.63, 3.8) is 0 Å². The lowest BCUT2D eigenvalue weighted by molar-refractivity contribution is -0.149. The summed E-state index contributed by atoms with van der Waals surface area (Å²) in [5, 5.41) is 10.2. The van der Waals surface area contributed by atoms with E-state index in [1.807, 2.05) is 37.3 Å². The van der Waals surface area contributed by atoms with Crippen molar-refractivity contribution in [2.45, 2.75) is 13.8 Å². The van der Waals surface area contributed by atoms with Crippen LogP contribution in [0.1, 0.15) is 19.4 Å². The first-order valence-electron chi connectivity index (χ1n) is 7.12. The van der Waals surface area contributed by atoms with Crippen LogP contribution >= 0.6 is 0 Å². The Bertz CT molecular complexity index is 610. The molecule has 1 aliphatic heterocycles. The van der Waals surface area contributed by atoms with Gasteiger partial charge >= 0.3 is 5.97 Å². The van der Waals surface area contributed by atoms with Crippen LogP contribution in [0.15, 0.2) is 40.5 Å². The molecule has 0 saturated heterocycles. The Balaban J connectivity index is 2.46. The average Bonchev–Trinajstić information content (AvgIpc) is 2.55. The van der Waals surface area contributed by atoms with E-state index in [4.69, 9.17) is 4.74 Å². The van der Waals surface area contributed by atoms with Gasteiger partial charge in [0.25, 0.3) is 0 Å². The summed E-state index contributed by atoms with van der Waals surface area (Å²) in [6.07, 6.45) is 1.60. The number of ether oxygens (including phenoxy) is 1. The Morgan fingerprint density at radius 1 is 1.32 bits per heavy atom. The number of methoxy groups -OCH3 is 1. The molecule has 22 heavy (non-hydrogen) atoms. The number of carbonyl (C=O) groups excluding carboxylic acids is 2. The second kappa shape index (κ2) is 6.98. The number of benzene rings is 1. The van der Waals surface area contributed by atoms with Gasteiger partial charge in [-0.2, -0.15) is 15.3 Å². The molecule has 1 aromatic rings. The van der Waals surface area contributed by atoms with Crippen LogP contribution in [0.25, 0.3) is 0 Å². The third-order valence-electron chi connectivity index (χ3n) is 3.50. The van der Waals surface area contributed by atoms with E-state index in [2.05, 4.69) is 10.2 Å². The van der Waals surface area contributed by atoms with E-state index in [9.17, 15) is 9.59 Å². The topological polar surface area (TPSA) is 71.3 Å². The fraction of sp³-hybridized carbons (Fsp3) is 0.375. The predicted octanol–water partition coefficient (Wildman–Crippen LogP) is 1.71. The van der Waals surface area contributed by atoms with Crippen molar-refractivity contribution in [2.75, 3.05) is 13.7 Å². The van der Waals surface area contributed by atoms with Gasteiger partial charge in [0, 0.05) is 6.21 Å². The predicted molar refractivity (Wildman–Crippen MR) is 83.5 cm³/mol. The number of hydrogen-bond acceptors (Lipinski definition) is 6. The number of esters is 1. The number of hydrazone groups is 2. The zero-order chi connectivity index (χ0) is 16.1. The van der Waals surface area contributed by atoms with E-state index in [-0.39, 0.29) is 5.78 Å². The second-order valence-electron chi connectivity index (χ2n) is 4.94. The maximum atomic E-state index is 12.0. The molecule has 0 bridgehead atoms. The fourth-order valence-corrected chi connectivity index (χ4v) is 2.38. The van der Waals surface area contributed by atoms with Crippen LogP contribution in [0.3, 0.4) is 0 Å². The Morgan fingerprint density at radius 3 is 2.55 bits per heavy atom. The molecular formula is C16H19N3O3. The molecule has 2 unspecified atom stereocenters. The van der Waals surface area contributed by atoms with E-state index >= 15 is 0 Å². The molecule has 2 atom stereocenters. The molecule has 0 aliphatic carbocycles. The minimum absolute atomic E-state index is 0.267. The van der Waals surface area contributed by atoms with Gasteiger partial charge < -0.3 is 4.74 Å². The molecule has 1 aromatic carbocycles. The Morgan fingerprint density at radius 2 is 2.00 bits per heavy atom. The normalized spacial score (nSPS) is 18.6. The number of carbonyl (C=O) groups is 2. The van der Waals surface area contributed by atoms with Gasteiger partial charge in [-0.15, -0.1) is 0 Å². The molecule has 1 heterocycles.